The van der Waals surface area contributed by atoms with E-state index in [1.165, 1.54) is 108 Å². The SMILES string of the molecule is CCCCCCCCCCCCCCCCCCOc1ccc(N=Nc2ccc([N+](=O)[O-])cc2)cc1. The fourth-order valence-electron chi connectivity index (χ4n) is 4.21. The normalized spacial score (nSPS) is 11.2. The van der Waals surface area contributed by atoms with E-state index in [-0.39, 0.29) is 5.69 Å². The van der Waals surface area contributed by atoms with Gasteiger partial charge in [0.1, 0.15) is 5.75 Å². The lowest BCUT2D eigenvalue weighted by Gasteiger charge is -2.06. The molecule has 0 bridgehead atoms. The smallest absolute Gasteiger partial charge is 0.269 e. The molecular formula is C30H45N3O3. The molecule has 0 fully saturated rings. The number of azo groups is 1. The monoisotopic (exact) mass is 495 g/mol. The largest absolute Gasteiger partial charge is 0.494 e. The van der Waals surface area contributed by atoms with Crippen molar-refractivity contribution in [3.05, 3.63) is 58.6 Å². The van der Waals surface area contributed by atoms with E-state index in [4.69, 9.17) is 4.74 Å². The van der Waals surface area contributed by atoms with Crippen LogP contribution in [0.1, 0.15) is 110 Å². The lowest BCUT2D eigenvalue weighted by molar-refractivity contribution is -0.384. The van der Waals surface area contributed by atoms with Crippen LogP contribution in [-0.2, 0) is 0 Å². The third kappa shape index (κ3) is 14.0. The third-order valence-electron chi connectivity index (χ3n) is 6.44. The van der Waals surface area contributed by atoms with Crippen LogP contribution in [0, 0.1) is 10.1 Å². The minimum absolute atomic E-state index is 0.0415. The first-order chi connectivity index (χ1) is 17.7. The number of nitro groups is 1. The number of nitro benzene ring substituents is 1. The number of ether oxygens (including phenoxy) is 1. The molecule has 2 aromatic rings. The number of rotatable bonds is 21. The first-order valence-corrected chi connectivity index (χ1v) is 14.1. The number of hydrogen-bond donors (Lipinski definition) is 0. The first-order valence-electron chi connectivity index (χ1n) is 14.1. The molecular weight excluding hydrogens is 450 g/mol. The molecule has 36 heavy (non-hydrogen) atoms. The molecule has 0 aromatic heterocycles. The van der Waals surface area contributed by atoms with Crippen LogP contribution in [0.25, 0.3) is 0 Å². The Morgan fingerprint density at radius 3 is 1.42 bits per heavy atom. The molecule has 0 radical (unpaired) electrons. The molecule has 6 nitrogen and oxygen atoms in total. The summed E-state index contributed by atoms with van der Waals surface area (Å²) in [6, 6.07) is 13.5. The quantitative estimate of drug-likeness (QED) is 0.0747. The molecule has 0 saturated heterocycles. The third-order valence-corrected chi connectivity index (χ3v) is 6.44. The Morgan fingerprint density at radius 2 is 1.00 bits per heavy atom. The van der Waals surface area contributed by atoms with E-state index in [9.17, 15) is 10.1 Å². The first kappa shape index (κ1) is 29.5. The lowest BCUT2D eigenvalue weighted by Crippen LogP contribution is -1.96. The van der Waals surface area contributed by atoms with Gasteiger partial charge in [-0.2, -0.15) is 10.2 Å². The summed E-state index contributed by atoms with van der Waals surface area (Å²) in [5.74, 6) is 0.838. The number of non-ortho nitro benzene ring substituents is 1. The maximum absolute atomic E-state index is 10.7. The predicted molar refractivity (Wildman–Crippen MR) is 149 cm³/mol. The molecule has 0 atom stereocenters. The van der Waals surface area contributed by atoms with Gasteiger partial charge in [-0.15, -0.1) is 0 Å². The van der Waals surface area contributed by atoms with E-state index >= 15 is 0 Å². The van der Waals surface area contributed by atoms with E-state index in [0.29, 0.717) is 11.4 Å². The average Bonchev–Trinajstić information content (AvgIpc) is 2.90. The van der Waals surface area contributed by atoms with E-state index in [0.717, 1.165) is 18.8 Å². The molecule has 2 aromatic carbocycles. The fraction of sp³-hybridized carbons (Fsp3) is 0.600. The van der Waals surface area contributed by atoms with Gasteiger partial charge in [0, 0.05) is 12.1 Å². The van der Waals surface area contributed by atoms with Crippen LogP contribution in [0.2, 0.25) is 0 Å². The van der Waals surface area contributed by atoms with Gasteiger partial charge >= 0.3 is 0 Å². The van der Waals surface area contributed by atoms with Gasteiger partial charge in [-0.25, -0.2) is 0 Å². The number of benzene rings is 2. The second kappa shape index (κ2) is 19.4. The van der Waals surface area contributed by atoms with Crippen molar-refractivity contribution in [1.82, 2.24) is 0 Å². The summed E-state index contributed by atoms with van der Waals surface area (Å²) >= 11 is 0. The second-order valence-corrected chi connectivity index (χ2v) is 9.62. The van der Waals surface area contributed by atoms with Crippen LogP contribution in [-0.4, -0.2) is 11.5 Å². The number of nitrogens with zero attached hydrogens (tertiary/aromatic N) is 3. The molecule has 0 spiro atoms. The van der Waals surface area contributed by atoms with Gasteiger partial charge in [0.15, 0.2) is 0 Å². The summed E-state index contributed by atoms with van der Waals surface area (Å²) in [5, 5.41) is 19.0. The van der Waals surface area contributed by atoms with Gasteiger partial charge < -0.3 is 4.74 Å². The van der Waals surface area contributed by atoms with Crippen molar-refractivity contribution in [2.75, 3.05) is 6.61 Å². The van der Waals surface area contributed by atoms with Crippen molar-refractivity contribution in [2.45, 2.75) is 110 Å². The predicted octanol–water partition coefficient (Wildman–Crippen LogP) is 10.7. The van der Waals surface area contributed by atoms with Gasteiger partial charge in [0.2, 0.25) is 0 Å². The Bertz CT molecular complexity index is 851. The Morgan fingerprint density at radius 1 is 0.611 bits per heavy atom. The molecule has 0 aliphatic rings. The molecule has 0 saturated carbocycles. The summed E-state index contributed by atoms with van der Waals surface area (Å²) in [7, 11) is 0. The zero-order valence-corrected chi connectivity index (χ0v) is 22.2. The van der Waals surface area contributed by atoms with Crippen molar-refractivity contribution in [3.8, 4) is 5.75 Å². The summed E-state index contributed by atoms with van der Waals surface area (Å²) in [6.45, 7) is 3.02. The Labute approximate surface area is 217 Å². The zero-order chi connectivity index (χ0) is 25.7. The Hall–Kier alpha value is -2.76. The van der Waals surface area contributed by atoms with Gasteiger partial charge in [0.25, 0.3) is 5.69 Å². The highest BCUT2D eigenvalue weighted by atomic mass is 16.6. The van der Waals surface area contributed by atoms with Crippen molar-refractivity contribution >= 4 is 17.1 Å². The molecule has 0 N–H and O–H groups in total. The summed E-state index contributed by atoms with van der Waals surface area (Å²) in [5.41, 5.74) is 1.33. The maximum atomic E-state index is 10.7. The minimum Gasteiger partial charge on any atom is -0.494 e. The van der Waals surface area contributed by atoms with E-state index < -0.39 is 4.92 Å². The van der Waals surface area contributed by atoms with Crippen LogP contribution in [0.3, 0.4) is 0 Å². The van der Waals surface area contributed by atoms with Crippen molar-refractivity contribution in [3.63, 3.8) is 0 Å². The summed E-state index contributed by atoms with van der Waals surface area (Å²) in [6.07, 6.45) is 21.9. The van der Waals surface area contributed by atoms with Crippen LogP contribution in [0.4, 0.5) is 17.1 Å². The molecule has 6 heteroatoms. The number of unbranched alkanes of at least 4 members (excludes halogenated alkanes) is 15. The van der Waals surface area contributed by atoms with Crippen LogP contribution in [0.15, 0.2) is 58.8 Å². The zero-order valence-electron chi connectivity index (χ0n) is 22.2. The fourth-order valence-corrected chi connectivity index (χ4v) is 4.21. The molecule has 0 aliphatic carbocycles. The van der Waals surface area contributed by atoms with Gasteiger partial charge in [0.05, 0.1) is 22.9 Å². The standard InChI is InChI=1S/C30H45N3O3/c1-2-3-4-5-6-7-8-9-10-11-12-13-14-15-16-17-26-36-30-24-20-28(21-25-30)32-31-27-18-22-29(23-19-27)33(34)35/h18-25H,2-17,26H2,1H3. The molecule has 0 heterocycles. The molecule has 0 amide bonds. The molecule has 198 valence electrons. The average molecular weight is 496 g/mol. The second-order valence-electron chi connectivity index (χ2n) is 9.62. The maximum Gasteiger partial charge on any atom is 0.269 e. The molecule has 2 rings (SSSR count). The highest BCUT2D eigenvalue weighted by Crippen LogP contribution is 2.23. The highest BCUT2D eigenvalue weighted by Gasteiger charge is 2.03. The van der Waals surface area contributed by atoms with Crippen molar-refractivity contribution in [2.24, 2.45) is 10.2 Å². The highest BCUT2D eigenvalue weighted by molar-refractivity contribution is 5.45. The Kier molecular flexibility index (Phi) is 15.9. The van der Waals surface area contributed by atoms with Crippen LogP contribution >= 0.6 is 0 Å². The van der Waals surface area contributed by atoms with E-state index in [1.54, 1.807) is 12.1 Å². The van der Waals surface area contributed by atoms with Gasteiger partial charge in [-0.3, -0.25) is 10.1 Å². The molecule has 0 unspecified atom stereocenters. The van der Waals surface area contributed by atoms with E-state index in [2.05, 4.69) is 17.2 Å². The van der Waals surface area contributed by atoms with Crippen LogP contribution < -0.4 is 4.74 Å². The van der Waals surface area contributed by atoms with Crippen LogP contribution in [0.5, 0.6) is 5.75 Å². The Balaban J connectivity index is 1.42. The van der Waals surface area contributed by atoms with E-state index in [1.807, 2.05) is 24.3 Å². The lowest BCUT2D eigenvalue weighted by atomic mass is 10.0. The van der Waals surface area contributed by atoms with Crippen molar-refractivity contribution in [1.29, 1.82) is 0 Å². The minimum atomic E-state index is -0.431. The van der Waals surface area contributed by atoms with Gasteiger partial charge in [-0.05, 0) is 42.8 Å². The summed E-state index contributed by atoms with van der Waals surface area (Å²) < 4.78 is 5.84. The summed E-state index contributed by atoms with van der Waals surface area (Å²) in [4.78, 5) is 10.3. The number of hydrogen-bond acceptors (Lipinski definition) is 5. The molecule has 0 aliphatic heterocycles. The van der Waals surface area contributed by atoms with Gasteiger partial charge in [-0.1, -0.05) is 103 Å². The van der Waals surface area contributed by atoms with Crippen molar-refractivity contribution < 1.29 is 9.66 Å². The topological polar surface area (TPSA) is 77.1 Å².